The number of carbonyl (C=O) groups excluding carboxylic acids is 1. The molecule has 0 unspecified atom stereocenters. The van der Waals surface area contributed by atoms with Gasteiger partial charge in [0.15, 0.2) is 5.82 Å². The summed E-state index contributed by atoms with van der Waals surface area (Å²) >= 11 is 0. The van der Waals surface area contributed by atoms with Crippen LogP contribution < -0.4 is 20.3 Å². The van der Waals surface area contributed by atoms with Crippen molar-refractivity contribution < 1.29 is 9.53 Å². The third-order valence-corrected chi connectivity index (χ3v) is 6.33. The van der Waals surface area contributed by atoms with E-state index in [4.69, 9.17) is 10.5 Å². The lowest BCUT2D eigenvalue weighted by molar-refractivity contribution is -0.120. The summed E-state index contributed by atoms with van der Waals surface area (Å²) in [6.45, 7) is 9.94. The van der Waals surface area contributed by atoms with Crippen LogP contribution in [0.25, 0.3) is 0 Å². The molecule has 0 radical (unpaired) electrons. The van der Waals surface area contributed by atoms with Crippen LogP contribution in [0.2, 0.25) is 0 Å². The second-order valence-electron chi connectivity index (χ2n) is 8.33. The van der Waals surface area contributed by atoms with Gasteiger partial charge in [-0.05, 0) is 46.7 Å². The van der Waals surface area contributed by atoms with Crippen molar-refractivity contribution in [1.82, 2.24) is 19.9 Å². The van der Waals surface area contributed by atoms with Gasteiger partial charge in [-0.15, -0.1) is 0 Å². The van der Waals surface area contributed by atoms with Gasteiger partial charge in [-0.3, -0.25) is 9.78 Å². The molecule has 2 N–H and O–H groups in total. The Bertz CT molecular complexity index is 975. The molecule has 1 saturated heterocycles. The molecule has 9 heteroatoms. The van der Waals surface area contributed by atoms with Crippen molar-refractivity contribution in [2.24, 2.45) is 0 Å². The first-order chi connectivity index (χ1) is 14.9. The maximum absolute atomic E-state index is 13.4. The number of ether oxygens (including phenoxy) is 1. The van der Waals surface area contributed by atoms with E-state index in [1.807, 2.05) is 30.6 Å². The van der Waals surface area contributed by atoms with Crippen molar-refractivity contribution in [3.8, 4) is 5.75 Å². The van der Waals surface area contributed by atoms with Gasteiger partial charge in [0.2, 0.25) is 11.9 Å². The number of hydrogen-bond acceptors (Lipinski definition) is 8. The highest BCUT2D eigenvalue weighted by atomic mass is 16.5. The Labute approximate surface area is 183 Å². The van der Waals surface area contributed by atoms with Gasteiger partial charge < -0.3 is 25.2 Å². The van der Waals surface area contributed by atoms with Crippen LogP contribution in [0, 0.1) is 13.8 Å². The van der Waals surface area contributed by atoms with Crippen LogP contribution in [0.1, 0.15) is 36.6 Å². The van der Waals surface area contributed by atoms with E-state index < -0.39 is 6.04 Å². The number of likely N-dealkylation sites (tertiary alicyclic amines) is 1. The highest BCUT2D eigenvalue weighted by Crippen LogP contribution is 2.36. The van der Waals surface area contributed by atoms with E-state index in [9.17, 15) is 4.79 Å². The molecule has 2 aromatic rings. The smallest absolute Gasteiger partial charge is 0.249 e. The summed E-state index contributed by atoms with van der Waals surface area (Å²) in [4.78, 5) is 32.9. The van der Waals surface area contributed by atoms with Gasteiger partial charge >= 0.3 is 0 Å². The van der Waals surface area contributed by atoms with Crippen LogP contribution in [-0.4, -0.2) is 65.1 Å². The summed E-state index contributed by atoms with van der Waals surface area (Å²) in [5, 5.41) is 0. The Morgan fingerprint density at radius 2 is 1.90 bits per heavy atom. The third-order valence-electron chi connectivity index (χ3n) is 6.33. The maximum Gasteiger partial charge on any atom is 0.249 e. The van der Waals surface area contributed by atoms with Crippen LogP contribution in [0.15, 0.2) is 12.4 Å². The van der Waals surface area contributed by atoms with E-state index in [0.29, 0.717) is 24.6 Å². The quantitative estimate of drug-likeness (QED) is 0.749. The molecule has 9 nitrogen and oxygen atoms in total. The minimum absolute atomic E-state index is 0.0387. The molecule has 31 heavy (non-hydrogen) atoms. The minimum atomic E-state index is -0.395. The summed E-state index contributed by atoms with van der Waals surface area (Å²) < 4.78 is 5.56. The number of amides is 1. The molecule has 2 aliphatic heterocycles. The predicted molar refractivity (Wildman–Crippen MR) is 120 cm³/mol. The fourth-order valence-electron chi connectivity index (χ4n) is 4.52. The normalized spacial score (nSPS) is 19.1. The van der Waals surface area contributed by atoms with Crippen LogP contribution in [-0.2, 0) is 11.3 Å². The molecule has 0 saturated carbocycles. The van der Waals surface area contributed by atoms with Crippen molar-refractivity contribution >= 4 is 23.4 Å². The van der Waals surface area contributed by atoms with E-state index in [-0.39, 0.29) is 11.9 Å². The number of rotatable bonds is 6. The number of nitrogens with two attached hydrogens (primary N) is 1. The maximum atomic E-state index is 13.4. The molecular formula is C22H31N7O2. The number of carbonyl (C=O) groups is 1. The first kappa shape index (κ1) is 21.3. The molecular weight excluding hydrogens is 394 g/mol. The van der Waals surface area contributed by atoms with Crippen LogP contribution in [0.3, 0.4) is 0 Å². The van der Waals surface area contributed by atoms with E-state index in [2.05, 4.69) is 19.9 Å². The summed E-state index contributed by atoms with van der Waals surface area (Å²) in [5.74, 6) is 1.71. The van der Waals surface area contributed by atoms with Crippen molar-refractivity contribution in [2.75, 3.05) is 48.8 Å². The summed E-state index contributed by atoms with van der Waals surface area (Å²) in [5.41, 5.74) is 9.42. The first-order valence-corrected chi connectivity index (χ1v) is 10.8. The second-order valence-corrected chi connectivity index (χ2v) is 8.33. The lowest BCUT2D eigenvalue weighted by Crippen LogP contribution is -2.54. The average molecular weight is 426 g/mol. The van der Waals surface area contributed by atoms with Gasteiger partial charge in [-0.1, -0.05) is 0 Å². The molecule has 1 amide bonds. The third kappa shape index (κ3) is 4.01. The summed E-state index contributed by atoms with van der Waals surface area (Å²) in [6, 6.07) is -0.395. The minimum Gasteiger partial charge on any atom is -0.496 e. The number of pyridine rings is 1. The SMILES string of the molecule is COc1c(C)cnc(CN2c3nc(N)ncc3N(CCN3CCCC3)C(=O)[C@H]2C)c1C. The molecule has 0 bridgehead atoms. The fraction of sp³-hybridized carbons (Fsp3) is 0.545. The zero-order valence-corrected chi connectivity index (χ0v) is 18.8. The predicted octanol–water partition coefficient (Wildman–Crippen LogP) is 1.92. The number of nitrogens with zero attached hydrogens (tertiary/aromatic N) is 6. The van der Waals surface area contributed by atoms with E-state index in [0.717, 1.165) is 42.2 Å². The number of methoxy groups -OCH3 is 1. The fourth-order valence-corrected chi connectivity index (χ4v) is 4.52. The molecule has 1 atom stereocenters. The molecule has 0 aromatic carbocycles. The number of hydrogen-bond donors (Lipinski definition) is 1. The van der Waals surface area contributed by atoms with Crippen LogP contribution >= 0.6 is 0 Å². The van der Waals surface area contributed by atoms with Crippen molar-refractivity contribution in [2.45, 2.75) is 46.2 Å². The number of fused-ring (bicyclic) bond motifs is 1. The van der Waals surface area contributed by atoms with Gasteiger partial charge in [-0.25, -0.2) is 4.98 Å². The van der Waals surface area contributed by atoms with Gasteiger partial charge in [0.1, 0.15) is 17.5 Å². The van der Waals surface area contributed by atoms with Gasteiger partial charge in [-0.2, -0.15) is 4.98 Å². The average Bonchev–Trinajstić information content (AvgIpc) is 3.27. The molecule has 1 fully saturated rings. The molecule has 2 aliphatic rings. The Kier molecular flexibility index (Phi) is 5.95. The second kappa shape index (κ2) is 8.66. The largest absolute Gasteiger partial charge is 0.496 e. The zero-order chi connectivity index (χ0) is 22.1. The molecule has 4 heterocycles. The Balaban J connectivity index is 1.66. The highest BCUT2D eigenvalue weighted by molar-refractivity contribution is 6.04. The highest BCUT2D eigenvalue weighted by Gasteiger charge is 2.37. The first-order valence-electron chi connectivity index (χ1n) is 10.8. The lowest BCUT2D eigenvalue weighted by atomic mass is 10.1. The number of aryl methyl sites for hydroxylation is 1. The van der Waals surface area contributed by atoms with Gasteiger partial charge in [0, 0.05) is 30.4 Å². The van der Waals surface area contributed by atoms with Crippen molar-refractivity contribution in [3.63, 3.8) is 0 Å². The molecule has 4 rings (SSSR count). The van der Waals surface area contributed by atoms with Gasteiger partial charge in [0.25, 0.3) is 0 Å². The number of anilines is 3. The Morgan fingerprint density at radius 3 is 2.61 bits per heavy atom. The summed E-state index contributed by atoms with van der Waals surface area (Å²) in [7, 11) is 1.66. The Morgan fingerprint density at radius 1 is 1.16 bits per heavy atom. The molecule has 166 valence electrons. The van der Waals surface area contributed by atoms with Crippen LogP contribution in [0.5, 0.6) is 5.75 Å². The molecule has 0 spiro atoms. The monoisotopic (exact) mass is 425 g/mol. The topological polar surface area (TPSA) is 101 Å². The molecule has 2 aromatic heterocycles. The Hall–Kier alpha value is -2.94. The van der Waals surface area contributed by atoms with Crippen molar-refractivity contribution in [1.29, 1.82) is 0 Å². The van der Waals surface area contributed by atoms with E-state index in [1.54, 1.807) is 19.5 Å². The van der Waals surface area contributed by atoms with E-state index >= 15 is 0 Å². The number of aromatic nitrogens is 3. The van der Waals surface area contributed by atoms with Gasteiger partial charge in [0.05, 0.1) is 25.5 Å². The standard InChI is InChI=1S/C22H31N7O2/c1-14-11-24-17(15(2)19(14)31-4)13-29-16(3)21(30)28(10-9-27-7-5-6-8-27)18-12-25-22(23)26-20(18)29/h11-12,16H,5-10,13H2,1-4H3,(H2,23,25,26)/t16-/m1/s1. The summed E-state index contributed by atoms with van der Waals surface area (Å²) in [6.07, 6.45) is 5.91. The lowest BCUT2D eigenvalue weighted by Gasteiger charge is -2.40. The molecule has 0 aliphatic carbocycles. The van der Waals surface area contributed by atoms with E-state index in [1.165, 1.54) is 12.8 Å². The number of nitrogen functional groups attached to an aromatic ring is 1. The van der Waals surface area contributed by atoms with Crippen molar-refractivity contribution in [3.05, 3.63) is 29.2 Å². The zero-order valence-electron chi connectivity index (χ0n) is 18.8. The van der Waals surface area contributed by atoms with Crippen LogP contribution in [0.4, 0.5) is 17.5 Å².